The first kappa shape index (κ1) is 15.8. The summed E-state index contributed by atoms with van der Waals surface area (Å²) in [5.74, 6) is 0.681. The molecule has 22 heavy (non-hydrogen) atoms. The molecule has 0 radical (unpaired) electrons. The number of piperidine rings is 1. The fourth-order valence-corrected chi connectivity index (χ4v) is 3.96. The van der Waals surface area contributed by atoms with E-state index in [1.807, 2.05) is 17.0 Å². The summed E-state index contributed by atoms with van der Waals surface area (Å²) in [5.41, 5.74) is 0.810. The van der Waals surface area contributed by atoms with Crippen molar-refractivity contribution < 1.29 is 9.53 Å². The molecule has 0 bridgehead atoms. The van der Waals surface area contributed by atoms with E-state index in [4.69, 9.17) is 16.3 Å². The molecule has 0 aromatic heterocycles. The molecule has 2 aliphatic heterocycles. The molecule has 0 saturated carbocycles. The molecule has 5 heteroatoms. The molecule has 1 aromatic rings. The largest absolute Gasteiger partial charge is 0.384 e. The molecule has 2 fully saturated rings. The number of likely N-dealkylation sites (tertiary alicyclic amines) is 2. The number of rotatable bonds is 3. The number of likely N-dealkylation sites (N-methyl/N-ethyl adjacent to an activating group) is 1. The van der Waals surface area contributed by atoms with Crippen molar-refractivity contribution in [2.24, 2.45) is 5.92 Å². The van der Waals surface area contributed by atoms with Gasteiger partial charge in [0.05, 0.1) is 5.54 Å². The summed E-state index contributed by atoms with van der Waals surface area (Å²) in [4.78, 5) is 16.9. The van der Waals surface area contributed by atoms with E-state index in [-0.39, 0.29) is 11.4 Å². The molecule has 0 N–H and O–H groups in total. The number of carbonyl (C=O) groups is 1. The molecule has 120 valence electrons. The molecule has 1 spiro atoms. The van der Waals surface area contributed by atoms with Crippen LogP contribution in [0.2, 0.25) is 5.02 Å². The van der Waals surface area contributed by atoms with Gasteiger partial charge in [0.2, 0.25) is 0 Å². The predicted molar refractivity (Wildman–Crippen MR) is 87.3 cm³/mol. The smallest absolute Gasteiger partial charge is 0.254 e. The lowest BCUT2D eigenvalue weighted by molar-refractivity contribution is -0.0731. The molecular weight excluding hydrogens is 300 g/mol. The minimum absolute atomic E-state index is 0.0791. The van der Waals surface area contributed by atoms with Gasteiger partial charge in [-0.05, 0) is 50.6 Å². The van der Waals surface area contributed by atoms with Crippen molar-refractivity contribution in [3.8, 4) is 0 Å². The molecule has 4 nitrogen and oxygen atoms in total. The summed E-state index contributed by atoms with van der Waals surface area (Å²) in [6.07, 6.45) is 2.28. The highest BCUT2D eigenvalue weighted by molar-refractivity contribution is 6.30. The monoisotopic (exact) mass is 322 g/mol. The Morgan fingerprint density at radius 3 is 2.91 bits per heavy atom. The minimum atomic E-state index is 0.0791. The highest BCUT2D eigenvalue weighted by Gasteiger charge is 2.50. The third-order valence-electron chi connectivity index (χ3n) is 5.08. The van der Waals surface area contributed by atoms with E-state index in [2.05, 4.69) is 11.9 Å². The van der Waals surface area contributed by atoms with Crippen LogP contribution in [0.25, 0.3) is 0 Å². The number of hydrogen-bond donors (Lipinski definition) is 0. The van der Waals surface area contributed by atoms with Crippen LogP contribution in [0, 0.1) is 5.92 Å². The lowest BCUT2D eigenvalue weighted by Crippen LogP contribution is -2.72. The van der Waals surface area contributed by atoms with Crippen molar-refractivity contribution in [2.45, 2.75) is 18.4 Å². The summed E-state index contributed by atoms with van der Waals surface area (Å²) in [6.45, 7) is 3.50. The minimum Gasteiger partial charge on any atom is -0.384 e. The van der Waals surface area contributed by atoms with E-state index in [1.165, 1.54) is 6.42 Å². The highest BCUT2D eigenvalue weighted by atomic mass is 35.5. The second-order valence-corrected chi connectivity index (χ2v) is 7.07. The Hall–Kier alpha value is -1.10. The average Bonchev–Trinajstić information content (AvgIpc) is 2.46. The second-order valence-electron chi connectivity index (χ2n) is 6.63. The van der Waals surface area contributed by atoms with Crippen molar-refractivity contribution in [1.82, 2.24) is 9.80 Å². The number of amides is 1. The standard InChI is InChI=1S/C17H23ClN2O2/c1-19-7-6-13(10-22-2)9-17(19)11-20(12-17)16(21)14-4-3-5-15(18)8-14/h3-5,8,13H,6-7,9-12H2,1-2H3/t13-/m1/s1. The van der Waals surface area contributed by atoms with Gasteiger partial charge in [0.25, 0.3) is 5.91 Å². The van der Waals surface area contributed by atoms with Gasteiger partial charge in [-0.3, -0.25) is 9.69 Å². The van der Waals surface area contributed by atoms with Crippen molar-refractivity contribution in [3.05, 3.63) is 34.9 Å². The number of halogens is 1. The van der Waals surface area contributed by atoms with E-state index >= 15 is 0 Å². The topological polar surface area (TPSA) is 32.8 Å². The molecule has 1 amide bonds. The van der Waals surface area contributed by atoms with Gasteiger partial charge in [0, 0.05) is 37.4 Å². The highest BCUT2D eigenvalue weighted by Crippen LogP contribution is 2.38. The van der Waals surface area contributed by atoms with Crippen LogP contribution in [0.5, 0.6) is 0 Å². The number of benzene rings is 1. The van der Waals surface area contributed by atoms with Gasteiger partial charge in [0.1, 0.15) is 0 Å². The predicted octanol–water partition coefficient (Wildman–Crippen LogP) is 2.52. The zero-order valence-electron chi connectivity index (χ0n) is 13.2. The summed E-state index contributed by atoms with van der Waals surface area (Å²) in [6, 6.07) is 7.19. The molecule has 2 aliphatic rings. The van der Waals surface area contributed by atoms with Crippen molar-refractivity contribution >= 4 is 17.5 Å². The Morgan fingerprint density at radius 2 is 2.23 bits per heavy atom. The average molecular weight is 323 g/mol. The van der Waals surface area contributed by atoms with Gasteiger partial charge in [-0.25, -0.2) is 0 Å². The quantitative estimate of drug-likeness (QED) is 0.857. The van der Waals surface area contributed by atoms with Crippen molar-refractivity contribution in [3.63, 3.8) is 0 Å². The molecule has 1 aromatic carbocycles. The lowest BCUT2D eigenvalue weighted by Gasteiger charge is -2.58. The van der Waals surface area contributed by atoms with Crippen LogP contribution in [0.4, 0.5) is 0 Å². The Morgan fingerprint density at radius 1 is 1.45 bits per heavy atom. The van der Waals surface area contributed by atoms with Crippen LogP contribution in [-0.4, -0.2) is 61.6 Å². The maximum Gasteiger partial charge on any atom is 0.254 e. The van der Waals surface area contributed by atoms with Crippen molar-refractivity contribution in [1.29, 1.82) is 0 Å². The number of carbonyl (C=O) groups excluding carboxylic acids is 1. The molecule has 1 atom stereocenters. The van der Waals surface area contributed by atoms with Gasteiger partial charge < -0.3 is 9.64 Å². The SMILES string of the molecule is COC[C@@H]1CCN(C)C2(C1)CN(C(=O)c1cccc(Cl)c1)C2. The summed E-state index contributed by atoms with van der Waals surface area (Å²) in [7, 11) is 3.94. The van der Waals surface area contributed by atoms with Crippen LogP contribution >= 0.6 is 11.6 Å². The van der Waals surface area contributed by atoms with Gasteiger partial charge in [0.15, 0.2) is 0 Å². The summed E-state index contributed by atoms with van der Waals surface area (Å²) in [5, 5.41) is 0.607. The second kappa shape index (κ2) is 6.19. The summed E-state index contributed by atoms with van der Waals surface area (Å²) >= 11 is 5.98. The number of ether oxygens (including phenoxy) is 1. The number of methoxy groups -OCH3 is 1. The van der Waals surface area contributed by atoms with Gasteiger partial charge in [-0.15, -0.1) is 0 Å². The molecule has 0 unspecified atom stereocenters. The maximum atomic E-state index is 12.5. The van der Waals surface area contributed by atoms with Gasteiger partial charge in [-0.1, -0.05) is 17.7 Å². The first-order chi connectivity index (χ1) is 10.5. The van der Waals surface area contributed by atoms with E-state index in [9.17, 15) is 4.79 Å². The molecule has 3 rings (SSSR count). The van der Waals surface area contributed by atoms with Crippen LogP contribution in [0.3, 0.4) is 0 Å². The first-order valence-electron chi connectivity index (χ1n) is 7.79. The van der Waals surface area contributed by atoms with Crippen LogP contribution in [0.1, 0.15) is 23.2 Å². The van der Waals surface area contributed by atoms with E-state index in [0.29, 0.717) is 16.5 Å². The van der Waals surface area contributed by atoms with Crippen LogP contribution < -0.4 is 0 Å². The fraction of sp³-hybridized carbons (Fsp3) is 0.588. The molecule has 0 aliphatic carbocycles. The number of nitrogens with zero attached hydrogens (tertiary/aromatic N) is 2. The Bertz CT molecular complexity index is 557. The first-order valence-corrected chi connectivity index (χ1v) is 8.17. The van der Waals surface area contributed by atoms with E-state index in [1.54, 1.807) is 19.2 Å². The van der Waals surface area contributed by atoms with Crippen LogP contribution in [-0.2, 0) is 4.74 Å². The van der Waals surface area contributed by atoms with E-state index < -0.39 is 0 Å². The maximum absolute atomic E-state index is 12.5. The molecule has 2 saturated heterocycles. The fourth-order valence-electron chi connectivity index (χ4n) is 3.77. The third-order valence-corrected chi connectivity index (χ3v) is 5.32. The Kier molecular flexibility index (Phi) is 4.44. The normalized spacial score (nSPS) is 24.3. The zero-order chi connectivity index (χ0) is 15.7. The number of hydrogen-bond acceptors (Lipinski definition) is 3. The molecule has 2 heterocycles. The lowest BCUT2D eigenvalue weighted by atomic mass is 9.75. The Balaban J connectivity index is 1.65. The summed E-state index contributed by atoms with van der Waals surface area (Å²) < 4.78 is 5.32. The van der Waals surface area contributed by atoms with Crippen LogP contribution in [0.15, 0.2) is 24.3 Å². The van der Waals surface area contributed by atoms with Gasteiger partial charge in [-0.2, -0.15) is 0 Å². The molecular formula is C17H23ClN2O2. The van der Waals surface area contributed by atoms with Gasteiger partial charge >= 0.3 is 0 Å². The Labute approximate surface area is 137 Å². The van der Waals surface area contributed by atoms with E-state index in [0.717, 1.165) is 32.7 Å². The van der Waals surface area contributed by atoms with Crippen molar-refractivity contribution in [2.75, 3.05) is 40.4 Å². The third kappa shape index (κ3) is 2.87. The zero-order valence-corrected chi connectivity index (χ0v) is 14.0.